The molecule has 0 heterocycles. The van der Waals surface area contributed by atoms with Crippen LogP contribution in [0.15, 0.2) is 120 Å². The molecule has 0 aliphatic heterocycles. The third-order valence-corrected chi connectivity index (χ3v) is 6.19. The van der Waals surface area contributed by atoms with Crippen LogP contribution in [0.4, 0.5) is 0 Å². The van der Waals surface area contributed by atoms with E-state index in [9.17, 15) is 4.79 Å². The second-order valence-corrected chi connectivity index (χ2v) is 8.50. The smallest absolute Gasteiger partial charge is 0.185 e. The first-order valence-corrected chi connectivity index (χ1v) is 11.5. The molecule has 1 heteroatoms. The summed E-state index contributed by atoms with van der Waals surface area (Å²) < 4.78 is 0. The molecule has 0 spiro atoms. The lowest BCUT2D eigenvalue weighted by Crippen LogP contribution is -2.12. The zero-order valence-electron chi connectivity index (χ0n) is 18.6. The van der Waals surface area contributed by atoms with Crippen LogP contribution in [0.25, 0.3) is 34.4 Å². The Bertz CT molecular complexity index is 1190. The minimum atomic E-state index is 0.181. The van der Waals surface area contributed by atoms with Gasteiger partial charge in [0.25, 0.3) is 0 Å². The van der Waals surface area contributed by atoms with Gasteiger partial charge in [0, 0.05) is 11.1 Å². The highest BCUT2D eigenvalue weighted by Gasteiger charge is 2.20. The molecular formula is C32H26O. The number of benzene rings is 4. The maximum Gasteiger partial charge on any atom is 0.185 e. The monoisotopic (exact) mass is 426 g/mol. The standard InChI is InChI=1S/C32H26O/c33-32-30(22-24-14-18-28(19-15-24)26-8-3-1-4-9-26)12-7-13-31(32)23-25-16-20-29(21-17-25)27-10-5-2-6-11-27/h1-6,8-11,14-23H,7,12-13H2/b30-22+,31-23+. The molecule has 0 aromatic heterocycles. The van der Waals surface area contributed by atoms with Crippen molar-refractivity contribution in [3.05, 3.63) is 131 Å². The normalized spacial score (nSPS) is 16.3. The second kappa shape index (κ2) is 9.67. The number of hydrogen-bond acceptors (Lipinski definition) is 1. The number of carbonyl (C=O) groups is 1. The number of hydrogen-bond donors (Lipinski definition) is 0. The Morgan fingerprint density at radius 3 is 1.21 bits per heavy atom. The zero-order valence-corrected chi connectivity index (χ0v) is 18.6. The molecular weight excluding hydrogens is 400 g/mol. The fraction of sp³-hybridized carbons (Fsp3) is 0.0938. The molecule has 0 atom stereocenters. The average Bonchev–Trinajstić information content (AvgIpc) is 2.88. The van der Waals surface area contributed by atoms with E-state index in [-0.39, 0.29) is 5.78 Å². The lowest BCUT2D eigenvalue weighted by Gasteiger charge is -2.17. The summed E-state index contributed by atoms with van der Waals surface area (Å²) in [5.74, 6) is 0.181. The van der Waals surface area contributed by atoms with Crippen LogP contribution >= 0.6 is 0 Å². The summed E-state index contributed by atoms with van der Waals surface area (Å²) in [6.07, 6.45) is 6.80. The van der Waals surface area contributed by atoms with E-state index >= 15 is 0 Å². The molecule has 0 N–H and O–H groups in total. The first kappa shape index (κ1) is 20.9. The van der Waals surface area contributed by atoms with Crippen LogP contribution in [0, 0.1) is 0 Å². The predicted molar refractivity (Wildman–Crippen MR) is 139 cm³/mol. The minimum absolute atomic E-state index is 0.181. The van der Waals surface area contributed by atoms with Gasteiger partial charge in [-0.25, -0.2) is 0 Å². The van der Waals surface area contributed by atoms with Crippen molar-refractivity contribution in [2.24, 2.45) is 0 Å². The Kier molecular flexibility index (Phi) is 6.12. The largest absolute Gasteiger partial charge is 0.289 e. The highest BCUT2D eigenvalue weighted by atomic mass is 16.1. The van der Waals surface area contributed by atoms with Crippen LogP contribution in [-0.4, -0.2) is 5.78 Å². The number of Topliss-reactive ketones (excluding diaryl/α,β-unsaturated/α-hetero) is 1. The second-order valence-electron chi connectivity index (χ2n) is 8.50. The number of rotatable bonds is 4. The fourth-order valence-corrected chi connectivity index (χ4v) is 4.39. The summed E-state index contributed by atoms with van der Waals surface area (Å²) in [5, 5.41) is 0. The van der Waals surface area contributed by atoms with Crippen LogP contribution in [0.5, 0.6) is 0 Å². The molecule has 0 radical (unpaired) electrons. The Morgan fingerprint density at radius 1 is 0.455 bits per heavy atom. The van der Waals surface area contributed by atoms with Crippen molar-refractivity contribution in [3.63, 3.8) is 0 Å². The molecule has 1 aliphatic rings. The number of allylic oxidation sites excluding steroid dienone is 2. The van der Waals surface area contributed by atoms with Crippen LogP contribution < -0.4 is 0 Å². The molecule has 1 aliphatic carbocycles. The van der Waals surface area contributed by atoms with E-state index in [1.165, 1.54) is 22.3 Å². The number of carbonyl (C=O) groups excluding carboxylic acids is 1. The van der Waals surface area contributed by atoms with Gasteiger partial charge in [0.1, 0.15) is 0 Å². The van der Waals surface area contributed by atoms with Crippen molar-refractivity contribution in [1.29, 1.82) is 0 Å². The zero-order chi connectivity index (χ0) is 22.5. The van der Waals surface area contributed by atoms with Crippen molar-refractivity contribution < 1.29 is 4.79 Å². The molecule has 0 amide bonds. The molecule has 160 valence electrons. The maximum absolute atomic E-state index is 13.2. The molecule has 1 fully saturated rings. The summed E-state index contributed by atoms with van der Waals surface area (Å²) >= 11 is 0. The van der Waals surface area contributed by atoms with Gasteiger partial charge in [0.2, 0.25) is 0 Å². The van der Waals surface area contributed by atoms with Crippen molar-refractivity contribution in [1.82, 2.24) is 0 Å². The Hall–Kier alpha value is -3.97. The first-order valence-electron chi connectivity index (χ1n) is 11.5. The Morgan fingerprint density at radius 2 is 0.818 bits per heavy atom. The van der Waals surface area contributed by atoms with Gasteiger partial charge in [0.05, 0.1) is 0 Å². The van der Waals surface area contributed by atoms with Crippen LogP contribution in [-0.2, 0) is 4.79 Å². The van der Waals surface area contributed by atoms with E-state index < -0.39 is 0 Å². The van der Waals surface area contributed by atoms with E-state index in [1.54, 1.807) is 0 Å². The third kappa shape index (κ3) is 4.94. The van der Waals surface area contributed by atoms with Gasteiger partial charge in [-0.05, 0) is 64.8 Å². The summed E-state index contributed by atoms with van der Waals surface area (Å²) in [5.41, 5.74) is 8.74. The average molecular weight is 427 g/mol. The lowest BCUT2D eigenvalue weighted by molar-refractivity contribution is -0.112. The van der Waals surface area contributed by atoms with Gasteiger partial charge in [-0.3, -0.25) is 4.79 Å². The van der Waals surface area contributed by atoms with E-state index in [0.717, 1.165) is 41.5 Å². The quantitative estimate of drug-likeness (QED) is 0.300. The molecule has 0 unspecified atom stereocenters. The van der Waals surface area contributed by atoms with E-state index in [0.29, 0.717) is 0 Å². The topological polar surface area (TPSA) is 17.1 Å². The van der Waals surface area contributed by atoms with Crippen molar-refractivity contribution in [2.45, 2.75) is 19.3 Å². The predicted octanol–water partition coefficient (Wildman–Crippen LogP) is 8.24. The Labute approximate surface area is 195 Å². The lowest BCUT2D eigenvalue weighted by atomic mass is 9.86. The van der Waals surface area contributed by atoms with E-state index in [4.69, 9.17) is 0 Å². The van der Waals surface area contributed by atoms with E-state index in [2.05, 4.69) is 109 Å². The van der Waals surface area contributed by atoms with Crippen molar-refractivity contribution in [3.8, 4) is 22.3 Å². The van der Waals surface area contributed by atoms with Gasteiger partial charge in [0.15, 0.2) is 5.78 Å². The van der Waals surface area contributed by atoms with Gasteiger partial charge < -0.3 is 0 Å². The summed E-state index contributed by atoms with van der Waals surface area (Å²) in [4.78, 5) is 13.2. The van der Waals surface area contributed by atoms with Gasteiger partial charge in [-0.15, -0.1) is 0 Å². The minimum Gasteiger partial charge on any atom is -0.289 e. The van der Waals surface area contributed by atoms with Crippen LogP contribution in [0.1, 0.15) is 30.4 Å². The molecule has 33 heavy (non-hydrogen) atoms. The van der Waals surface area contributed by atoms with Gasteiger partial charge in [-0.2, -0.15) is 0 Å². The molecule has 4 aromatic carbocycles. The Balaban J connectivity index is 1.34. The fourth-order valence-electron chi connectivity index (χ4n) is 4.39. The summed E-state index contributed by atoms with van der Waals surface area (Å²) in [6, 6.07) is 37.6. The summed E-state index contributed by atoms with van der Waals surface area (Å²) in [6.45, 7) is 0. The molecule has 4 aromatic rings. The maximum atomic E-state index is 13.2. The molecule has 1 nitrogen and oxygen atoms in total. The molecule has 0 bridgehead atoms. The molecule has 0 saturated heterocycles. The number of ketones is 1. The van der Waals surface area contributed by atoms with Crippen molar-refractivity contribution >= 4 is 17.9 Å². The van der Waals surface area contributed by atoms with Crippen LogP contribution in [0.2, 0.25) is 0 Å². The third-order valence-electron chi connectivity index (χ3n) is 6.19. The highest BCUT2D eigenvalue weighted by Crippen LogP contribution is 2.29. The van der Waals surface area contributed by atoms with E-state index in [1.807, 2.05) is 12.1 Å². The SMILES string of the molecule is O=C1/C(=C/c2ccc(-c3ccccc3)cc2)CCC/C1=C\c1ccc(-c2ccccc2)cc1. The van der Waals surface area contributed by atoms with Crippen molar-refractivity contribution in [2.75, 3.05) is 0 Å². The van der Waals surface area contributed by atoms with Gasteiger partial charge in [-0.1, -0.05) is 109 Å². The molecule has 1 saturated carbocycles. The van der Waals surface area contributed by atoms with Gasteiger partial charge >= 0.3 is 0 Å². The molecule has 5 rings (SSSR count). The summed E-state index contributed by atoms with van der Waals surface area (Å²) in [7, 11) is 0. The highest BCUT2D eigenvalue weighted by molar-refractivity contribution is 6.14. The first-order chi connectivity index (χ1) is 16.3. The van der Waals surface area contributed by atoms with Crippen LogP contribution in [0.3, 0.4) is 0 Å².